The summed E-state index contributed by atoms with van der Waals surface area (Å²) in [6.45, 7) is 10.5. The Morgan fingerprint density at radius 3 is 2.29 bits per heavy atom. The fraction of sp³-hybridized carbons (Fsp3) is 0.684. The van der Waals surface area contributed by atoms with Crippen LogP contribution in [0.5, 0.6) is 0 Å². The van der Waals surface area contributed by atoms with Gasteiger partial charge >= 0.3 is 0 Å². The average molecular weight is 286 g/mol. The molecular weight excluding hydrogens is 256 g/mol. The third kappa shape index (κ3) is 3.49. The van der Waals surface area contributed by atoms with Crippen molar-refractivity contribution in [2.45, 2.75) is 58.7 Å². The van der Waals surface area contributed by atoms with Crippen molar-refractivity contribution in [1.82, 2.24) is 10.2 Å². The van der Waals surface area contributed by atoms with Crippen LogP contribution in [0.15, 0.2) is 24.3 Å². The molecule has 1 heterocycles. The van der Waals surface area contributed by atoms with Crippen molar-refractivity contribution in [3.05, 3.63) is 35.4 Å². The summed E-state index contributed by atoms with van der Waals surface area (Å²) in [6, 6.07) is 10.4. The highest BCUT2D eigenvalue weighted by molar-refractivity contribution is 5.21. The van der Waals surface area contributed by atoms with E-state index in [9.17, 15) is 0 Å². The normalized spacial score (nSPS) is 29.8. The molecule has 1 aliphatic heterocycles. The quantitative estimate of drug-likeness (QED) is 0.910. The zero-order chi connectivity index (χ0) is 14.8. The van der Waals surface area contributed by atoms with Crippen LogP contribution in [0.3, 0.4) is 0 Å². The van der Waals surface area contributed by atoms with E-state index in [4.69, 9.17) is 0 Å². The number of benzene rings is 1. The standard InChI is InChI=1S/C19H30N2/c1-14(2)21-12-17-5-4-6-18(13-21)19(17)20-11-16-9-7-15(3)8-10-16/h7-10,14,17-20H,4-6,11-13H2,1-3H3. The summed E-state index contributed by atoms with van der Waals surface area (Å²) in [4.78, 5) is 2.69. The lowest BCUT2D eigenvalue weighted by Gasteiger charge is -2.49. The molecule has 1 aromatic rings. The van der Waals surface area contributed by atoms with Crippen LogP contribution in [0, 0.1) is 18.8 Å². The summed E-state index contributed by atoms with van der Waals surface area (Å²) >= 11 is 0. The first-order chi connectivity index (χ1) is 10.1. The Hall–Kier alpha value is -0.860. The Morgan fingerprint density at radius 2 is 1.71 bits per heavy atom. The summed E-state index contributed by atoms with van der Waals surface area (Å²) in [5, 5.41) is 3.89. The Kier molecular flexibility index (Phi) is 4.66. The van der Waals surface area contributed by atoms with Crippen molar-refractivity contribution in [3.63, 3.8) is 0 Å². The van der Waals surface area contributed by atoms with Gasteiger partial charge in [0.15, 0.2) is 0 Å². The molecule has 1 N–H and O–H groups in total. The Morgan fingerprint density at radius 1 is 1.10 bits per heavy atom. The topological polar surface area (TPSA) is 15.3 Å². The van der Waals surface area contributed by atoms with E-state index in [-0.39, 0.29) is 0 Å². The van der Waals surface area contributed by atoms with Crippen LogP contribution in [0.1, 0.15) is 44.2 Å². The number of aryl methyl sites for hydroxylation is 1. The van der Waals surface area contributed by atoms with E-state index in [2.05, 4.69) is 55.3 Å². The van der Waals surface area contributed by atoms with Crippen LogP contribution in [0.25, 0.3) is 0 Å². The molecule has 2 nitrogen and oxygen atoms in total. The van der Waals surface area contributed by atoms with E-state index in [0.29, 0.717) is 6.04 Å². The predicted octanol–water partition coefficient (Wildman–Crippen LogP) is 3.59. The largest absolute Gasteiger partial charge is 0.309 e. The van der Waals surface area contributed by atoms with Gasteiger partial charge in [0.1, 0.15) is 0 Å². The first-order valence-electron chi connectivity index (χ1n) is 8.66. The molecule has 116 valence electrons. The number of hydrogen-bond acceptors (Lipinski definition) is 2. The molecule has 0 spiro atoms. The summed E-state index contributed by atoms with van der Waals surface area (Å²) in [5.74, 6) is 1.70. The molecule has 1 aliphatic carbocycles. The number of nitrogens with one attached hydrogen (secondary N) is 1. The van der Waals surface area contributed by atoms with Gasteiger partial charge in [0.05, 0.1) is 0 Å². The Balaban J connectivity index is 1.61. The van der Waals surface area contributed by atoms with Gasteiger partial charge in [0.2, 0.25) is 0 Å². The second-order valence-corrected chi connectivity index (χ2v) is 7.39. The van der Waals surface area contributed by atoms with Gasteiger partial charge in [-0.1, -0.05) is 36.2 Å². The molecule has 1 saturated carbocycles. The molecule has 21 heavy (non-hydrogen) atoms. The number of fused-ring (bicyclic) bond motifs is 2. The molecule has 2 heteroatoms. The molecule has 2 aliphatic rings. The molecule has 1 aromatic carbocycles. The van der Waals surface area contributed by atoms with Crippen molar-refractivity contribution in [3.8, 4) is 0 Å². The first-order valence-corrected chi connectivity index (χ1v) is 8.66. The molecule has 0 aromatic heterocycles. The van der Waals surface area contributed by atoms with E-state index in [1.165, 1.54) is 43.5 Å². The fourth-order valence-electron chi connectivity index (χ4n) is 4.17. The summed E-state index contributed by atoms with van der Waals surface area (Å²) in [5.41, 5.74) is 2.77. The molecule has 3 rings (SSSR count). The average Bonchev–Trinajstić information content (AvgIpc) is 2.45. The molecule has 0 radical (unpaired) electrons. The van der Waals surface area contributed by atoms with Crippen LogP contribution >= 0.6 is 0 Å². The SMILES string of the molecule is Cc1ccc(CNC2C3CCCC2CN(C(C)C)C3)cc1. The first kappa shape index (κ1) is 15.1. The molecule has 1 saturated heterocycles. The number of hydrogen-bond donors (Lipinski definition) is 1. The van der Waals surface area contributed by atoms with Crippen LogP contribution < -0.4 is 5.32 Å². The van der Waals surface area contributed by atoms with Crippen molar-refractivity contribution in [2.75, 3.05) is 13.1 Å². The third-order valence-corrected chi connectivity index (χ3v) is 5.50. The zero-order valence-corrected chi connectivity index (χ0v) is 13.8. The van der Waals surface area contributed by atoms with E-state index in [0.717, 1.165) is 24.4 Å². The van der Waals surface area contributed by atoms with E-state index in [1.807, 2.05) is 0 Å². The Labute approximate surface area is 129 Å². The van der Waals surface area contributed by atoms with Crippen LogP contribution in [-0.4, -0.2) is 30.1 Å². The minimum Gasteiger partial charge on any atom is -0.309 e. The van der Waals surface area contributed by atoms with Gasteiger partial charge < -0.3 is 10.2 Å². The fourth-order valence-corrected chi connectivity index (χ4v) is 4.17. The zero-order valence-electron chi connectivity index (χ0n) is 13.8. The lowest BCUT2D eigenvalue weighted by Crippen LogP contribution is -2.58. The third-order valence-electron chi connectivity index (χ3n) is 5.50. The smallest absolute Gasteiger partial charge is 0.0208 e. The number of rotatable bonds is 4. The molecule has 2 atom stereocenters. The summed E-state index contributed by atoms with van der Waals surface area (Å²) < 4.78 is 0. The molecule has 0 amide bonds. The van der Waals surface area contributed by atoms with E-state index in [1.54, 1.807) is 0 Å². The van der Waals surface area contributed by atoms with Crippen LogP contribution in [0.2, 0.25) is 0 Å². The second kappa shape index (κ2) is 6.50. The van der Waals surface area contributed by atoms with Gasteiger partial charge in [-0.25, -0.2) is 0 Å². The number of piperidine rings is 1. The maximum absolute atomic E-state index is 3.89. The lowest BCUT2D eigenvalue weighted by atomic mass is 9.73. The lowest BCUT2D eigenvalue weighted by molar-refractivity contribution is 0.0290. The number of nitrogens with zero attached hydrogens (tertiary/aromatic N) is 1. The molecular formula is C19H30N2. The highest BCUT2D eigenvalue weighted by Crippen LogP contribution is 2.35. The van der Waals surface area contributed by atoms with Crippen molar-refractivity contribution >= 4 is 0 Å². The van der Waals surface area contributed by atoms with Gasteiger partial charge in [0, 0.05) is 31.7 Å². The molecule has 2 fully saturated rings. The van der Waals surface area contributed by atoms with Gasteiger partial charge in [0.25, 0.3) is 0 Å². The molecule has 2 bridgehead atoms. The van der Waals surface area contributed by atoms with Crippen LogP contribution in [-0.2, 0) is 6.54 Å². The van der Waals surface area contributed by atoms with Crippen LogP contribution in [0.4, 0.5) is 0 Å². The summed E-state index contributed by atoms with van der Waals surface area (Å²) in [6.07, 6.45) is 4.25. The highest BCUT2D eigenvalue weighted by Gasteiger charge is 2.39. The van der Waals surface area contributed by atoms with Gasteiger partial charge in [-0.05, 0) is 51.0 Å². The highest BCUT2D eigenvalue weighted by atomic mass is 15.2. The van der Waals surface area contributed by atoms with Gasteiger partial charge in [-0.2, -0.15) is 0 Å². The summed E-state index contributed by atoms with van der Waals surface area (Å²) in [7, 11) is 0. The molecule has 2 unspecified atom stereocenters. The van der Waals surface area contributed by atoms with Crippen molar-refractivity contribution < 1.29 is 0 Å². The number of likely N-dealkylation sites (tertiary alicyclic amines) is 1. The minimum atomic E-state index is 0.700. The minimum absolute atomic E-state index is 0.700. The van der Waals surface area contributed by atoms with E-state index >= 15 is 0 Å². The Bertz CT molecular complexity index is 437. The second-order valence-electron chi connectivity index (χ2n) is 7.39. The van der Waals surface area contributed by atoms with Gasteiger partial charge in [-0.3, -0.25) is 0 Å². The predicted molar refractivity (Wildman–Crippen MR) is 89.3 cm³/mol. The maximum atomic E-state index is 3.89. The van der Waals surface area contributed by atoms with E-state index < -0.39 is 0 Å². The monoisotopic (exact) mass is 286 g/mol. The van der Waals surface area contributed by atoms with Crippen molar-refractivity contribution in [2.24, 2.45) is 11.8 Å². The van der Waals surface area contributed by atoms with Crippen molar-refractivity contribution in [1.29, 1.82) is 0 Å². The van der Waals surface area contributed by atoms with Gasteiger partial charge in [-0.15, -0.1) is 0 Å². The maximum Gasteiger partial charge on any atom is 0.0208 e.